The molecule has 1 amide bonds. The van der Waals surface area contributed by atoms with Crippen LogP contribution in [0.15, 0.2) is 102 Å². The average Bonchev–Trinajstić information content (AvgIpc) is 3.29. The number of carbonyl (C=O) groups is 1. The zero-order valence-corrected chi connectivity index (χ0v) is 20.9. The second-order valence-corrected chi connectivity index (χ2v) is 9.40. The van der Waals surface area contributed by atoms with Gasteiger partial charge in [0.1, 0.15) is 12.4 Å². The van der Waals surface area contributed by atoms with E-state index in [9.17, 15) is 4.79 Å². The van der Waals surface area contributed by atoms with Crippen molar-refractivity contribution in [1.82, 2.24) is 14.8 Å². The summed E-state index contributed by atoms with van der Waals surface area (Å²) in [7, 11) is 0. The number of fused-ring (bicyclic) bond motifs is 1. The number of thioether (sulfide) groups is 1. The third kappa shape index (κ3) is 5.70. The number of carbonyl (C=O) groups excluding carboxylic acids is 1. The fourth-order valence-electron chi connectivity index (χ4n) is 3.80. The summed E-state index contributed by atoms with van der Waals surface area (Å²) >= 11 is 7.49. The van der Waals surface area contributed by atoms with Crippen molar-refractivity contribution in [3.8, 4) is 5.75 Å². The van der Waals surface area contributed by atoms with Crippen molar-refractivity contribution in [3.63, 3.8) is 0 Å². The predicted octanol–water partition coefficient (Wildman–Crippen LogP) is 6.44. The summed E-state index contributed by atoms with van der Waals surface area (Å²) in [6.07, 6.45) is 0. The minimum atomic E-state index is -0.170. The summed E-state index contributed by atoms with van der Waals surface area (Å²) in [6.45, 7) is 0.816. The Bertz CT molecular complexity index is 1480. The minimum Gasteiger partial charge on any atom is -0.485 e. The predicted molar refractivity (Wildman–Crippen MR) is 145 cm³/mol. The van der Waals surface area contributed by atoms with E-state index in [4.69, 9.17) is 16.3 Å². The Morgan fingerprint density at radius 1 is 0.889 bits per heavy atom. The summed E-state index contributed by atoms with van der Waals surface area (Å²) in [5, 5.41) is 14.9. The fraction of sp³-hybridized carbons (Fsp3) is 0.107. The van der Waals surface area contributed by atoms with Crippen molar-refractivity contribution in [1.29, 1.82) is 0 Å². The number of rotatable bonds is 9. The quantitative estimate of drug-likeness (QED) is 0.229. The van der Waals surface area contributed by atoms with E-state index in [1.807, 2.05) is 77.4 Å². The smallest absolute Gasteiger partial charge is 0.234 e. The molecule has 0 bridgehead atoms. The summed E-state index contributed by atoms with van der Waals surface area (Å²) < 4.78 is 8.18. The number of hydrogen-bond acceptors (Lipinski definition) is 5. The second-order valence-electron chi connectivity index (χ2n) is 8.05. The lowest BCUT2D eigenvalue weighted by atomic mass is 10.1. The van der Waals surface area contributed by atoms with Crippen molar-refractivity contribution in [2.24, 2.45) is 0 Å². The minimum absolute atomic E-state index is 0.169. The van der Waals surface area contributed by atoms with Crippen molar-refractivity contribution in [2.75, 3.05) is 11.1 Å². The molecule has 5 aromatic rings. The van der Waals surface area contributed by atoms with Crippen LogP contribution in [-0.4, -0.2) is 26.4 Å². The van der Waals surface area contributed by atoms with Gasteiger partial charge < -0.3 is 10.1 Å². The van der Waals surface area contributed by atoms with Gasteiger partial charge in [0.05, 0.1) is 23.0 Å². The first-order chi connectivity index (χ1) is 17.7. The Hall–Kier alpha value is -3.81. The number of nitrogens with one attached hydrogen (secondary N) is 1. The summed E-state index contributed by atoms with van der Waals surface area (Å²) in [5.41, 5.74) is 1.69. The molecule has 0 saturated heterocycles. The van der Waals surface area contributed by atoms with E-state index in [1.165, 1.54) is 11.8 Å². The molecule has 0 aliphatic carbocycles. The van der Waals surface area contributed by atoms with Crippen LogP contribution in [0.5, 0.6) is 5.75 Å². The number of nitrogens with zero attached hydrogens (tertiary/aromatic N) is 3. The molecule has 6 nitrogen and oxygen atoms in total. The van der Waals surface area contributed by atoms with Crippen LogP contribution in [-0.2, 0) is 17.9 Å². The number of amides is 1. The molecule has 1 heterocycles. The van der Waals surface area contributed by atoms with Crippen LogP contribution in [0, 0.1) is 0 Å². The summed E-state index contributed by atoms with van der Waals surface area (Å²) in [6, 6.07) is 31.3. The number of ether oxygens (including phenoxy) is 1. The molecule has 0 radical (unpaired) electrons. The van der Waals surface area contributed by atoms with Gasteiger partial charge in [0, 0.05) is 5.39 Å². The maximum atomic E-state index is 12.6. The Morgan fingerprint density at radius 3 is 2.50 bits per heavy atom. The van der Waals surface area contributed by atoms with Crippen LogP contribution in [0.25, 0.3) is 10.8 Å². The average molecular weight is 515 g/mol. The second kappa shape index (κ2) is 11.3. The SMILES string of the molecule is O=C(CSc1nnc(COc2cccc3ccccc23)n1Cc1ccccc1)Nc1ccccc1Cl. The standard InChI is InChI=1S/C28H23ClN4O2S/c29-23-14-6-7-15-24(23)30-27(34)19-36-28-32-31-26(33(28)17-20-9-2-1-3-10-20)18-35-25-16-8-12-21-11-4-5-13-22(21)25/h1-16H,17-19H2,(H,30,34). The Balaban J connectivity index is 1.34. The van der Waals surface area contributed by atoms with Crippen LogP contribution in [0.3, 0.4) is 0 Å². The van der Waals surface area contributed by atoms with Crippen LogP contribution in [0.2, 0.25) is 5.02 Å². The van der Waals surface area contributed by atoms with E-state index >= 15 is 0 Å². The molecular weight excluding hydrogens is 492 g/mol. The topological polar surface area (TPSA) is 69.0 Å². The van der Waals surface area contributed by atoms with Gasteiger partial charge in [-0.25, -0.2) is 0 Å². The largest absolute Gasteiger partial charge is 0.485 e. The van der Waals surface area contributed by atoms with Crippen LogP contribution < -0.4 is 10.1 Å². The van der Waals surface area contributed by atoms with Gasteiger partial charge in [0.15, 0.2) is 11.0 Å². The van der Waals surface area contributed by atoms with Gasteiger partial charge >= 0.3 is 0 Å². The number of hydrogen-bond donors (Lipinski definition) is 1. The van der Waals surface area contributed by atoms with Gasteiger partial charge in [-0.2, -0.15) is 0 Å². The fourth-order valence-corrected chi connectivity index (χ4v) is 4.74. The van der Waals surface area contributed by atoms with E-state index in [2.05, 4.69) is 27.6 Å². The first kappa shape index (κ1) is 23.9. The molecule has 1 N–H and O–H groups in total. The zero-order chi connectivity index (χ0) is 24.7. The lowest BCUT2D eigenvalue weighted by Gasteiger charge is -2.12. The molecule has 0 unspecified atom stereocenters. The van der Waals surface area contributed by atoms with Gasteiger partial charge in [-0.15, -0.1) is 10.2 Å². The van der Waals surface area contributed by atoms with Crippen LogP contribution in [0.4, 0.5) is 5.69 Å². The molecule has 4 aromatic carbocycles. The number of para-hydroxylation sites is 1. The Labute approximate surface area is 218 Å². The van der Waals surface area contributed by atoms with Crippen LogP contribution in [0.1, 0.15) is 11.4 Å². The molecule has 1 aromatic heterocycles. The van der Waals surface area contributed by atoms with Crippen molar-refractivity contribution >= 4 is 45.7 Å². The van der Waals surface area contributed by atoms with E-state index < -0.39 is 0 Å². The third-order valence-electron chi connectivity index (χ3n) is 5.56. The molecule has 0 spiro atoms. The summed E-state index contributed by atoms with van der Waals surface area (Å²) in [4.78, 5) is 12.6. The van der Waals surface area contributed by atoms with E-state index in [0.717, 1.165) is 22.1 Å². The van der Waals surface area contributed by atoms with Gasteiger partial charge in [0.2, 0.25) is 5.91 Å². The molecular formula is C28H23ClN4O2S. The highest BCUT2D eigenvalue weighted by atomic mass is 35.5. The molecule has 0 saturated carbocycles. The van der Waals surface area contributed by atoms with Crippen molar-refractivity contribution in [3.05, 3.63) is 113 Å². The maximum Gasteiger partial charge on any atom is 0.234 e. The summed E-state index contributed by atoms with van der Waals surface area (Å²) in [5.74, 6) is 1.47. The number of anilines is 1. The zero-order valence-electron chi connectivity index (χ0n) is 19.3. The van der Waals surface area contributed by atoms with Gasteiger partial charge in [-0.1, -0.05) is 102 Å². The molecule has 0 aliphatic heterocycles. The third-order valence-corrected chi connectivity index (χ3v) is 6.86. The van der Waals surface area contributed by atoms with E-state index in [0.29, 0.717) is 28.2 Å². The van der Waals surface area contributed by atoms with Gasteiger partial charge in [-0.3, -0.25) is 9.36 Å². The van der Waals surface area contributed by atoms with Crippen molar-refractivity contribution < 1.29 is 9.53 Å². The van der Waals surface area contributed by atoms with Crippen LogP contribution >= 0.6 is 23.4 Å². The highest BCUT2D eigenvalue weighted by Gasteiger charge is 2.16. The molecule has 8 heteroatoms. The van der Waals surface area contributed by atoms with E-state index in [1.54, 1.807) is 12.1 Å². The lowest BCUT2D eigenvalue weighted by Crippen LogP contribution is -2.15. The molecule has 0 fully saturated rings. The highest BCUT2D eigenvalue weighted by molar-refractivity contribution is 7.99. The number of benzene rings is 4. The molecule has 0 aliphatic rings. The number of halogens is 1. The van der Waals surface area contributed by atoms with E-state index in [-0.39, 0.29) is 18.3 Å². The Morgan fingerprint density at radius 2 is 1.64 bits per heavy atom. The normalized spacial score (nSPS) is 10.9. The molecule has 180 valence electrons. The van der Waals surface area contributed by atoms with Gasteiger partial charge in [0.25, 0.3) is 0 Å². The first-order valence-electron chi connectivity index (χ1n) is 11.4. The molecule has 36 heavy (non-hydrogen) atoms. The lowest BCUT2D eigenvalue weighted by molar-refractivity contribution is -0.113. The monoisotopic (exact) mass is 514 g/mol. The molecule has 5 rings (SSSR count). The Kier molecular flexibility index (Phi) is 7.50. The molecule has 0 atom stereocenters. The van der Waals surface area contributed by atoms with Gasteiger partial charge in [-0.05, 0) is 29.1 Å². The maximum absolute atomic E-state index is 12.6. The number of aromatic nitrogens is 3. The highest BCUT2D eigenvalue weighted by Crippen LogP contribution is 2.27. The first-order valence-corrected chi connectivity index (χ1v) is 12.8. The van der Waals surface area contributed by atoms with Crippen molar-refractivity contribution in [2.45, 2.75) is 18.3 Å².